The van der Waals surface area contributed by atoms with E-state index in [0.29, 0.717) is 0 Å². The molecule has 2 nitrogen and oxygen atoms in total. The van der Waals surface area contributed by atoms with Crippen LogP contribution in [-0.2, 0) is 16.3 Å². The van der Waals surface area contributed by atoms with Crippen LogP contribution in [0, 0.1) is 0 Å². The Kier molecular flexibility index (Phi) is 3.61. The van der Waals surface area contributed by atoms with Gasteiger partial charge in [-0.3, -0.25) is 0 Å². The maximum Gasteiger partial charge on any atom is 0.159 e. The first-order valence-corrected chi connectivity index (χ1v) is 9.80. The average molecular weight is 324 g/mol. The molecule has 2 unspecified atom stereocenters. The first-order valence-electron chi connectivity index (χ1n) is 8.19. The van der Waals surface area contributed by atoms with E-state index in [-0.39, 0.29) is 10.5 Å². The molecular formula is C20H20O2S. The standard InChI is InChI=1S/C20H20O2S/c21-23(22)19-10-11-20(23)14-16(13-19)12-15-6-8-18(9-7-15)17-4-2-1-3-5-17/h1-9,13,19-20H,10-12,14H2. The second kappa shape index (κ2) is 5.64. The summed E-state index contributed by atoms with van der Waals surface area (Å²) in [4.78, 5) is 0. The molecule has 2 heterocycles. The maximum absolute atomic E-state index is 12.1. The fourth-order valence-corrected chi connectivity index (χ4v) is 6.04. The van der Waals surface area contributed by atoms with E-state index in [1.165, 1.54) is 22.3 Å². The Labute approximate surface area is 137 Å². The highest BCUT2D eigenvalue weighted by molar-refractivity contribution is 7.93. The highest BCUT2D eigenvalue weighted by atomic mass is 32.2. The Morgan fingerprint density at radius 1 is 0.870 bits per heavy atom. The predicted molar refractivity (Wildman–Crippen MR) is 94.0 cm³/mol. The Balaban J connectivity index is 1.52. The second-order valence-electron chi connectivity index (χ2n) is 6.60. The van der Waals surface area contributed by atoms with Gasteiger partial charge in [0.25, 0.3) is 0 Å². The number of rotatable bonds is 3. The third-order valence-corrected chi connectivity index (χ3v) is 7.61. The SMILES string of the molecule is O=S1(=O)C2C=C(Cc3ccc(-c4ccccc4)cc3)CC1CC2. The molecule has 2 atom stereocenters. The van der Waals surface area contributed by atoms with Crippen molar-refractivity contribution in [2.24, 2.45) is 0 Å². The highest BCUT2D eigenvalue weighted by Crippen LogP contribution is 2.38. The molecule has 1 saturated heterocycles. The van der Waals surface area contributed by atoms with Gasteiger partial charge >= 0.3 is 0 Å². The summed E-state index contributed by atoms with van der Waals surface area (Å²) in [6.07, 6.45) is 5.25. The Bertz CT molecular complexity index is 833. The van der Waals surface area contributed by atoms with E-state index in [1.807, 2.05) is 24.3 Å². The van der Waals surface area contributed by atoms with Gasteiger partial charge in [-0.05, 0) is 42.4 Å². The van der Waals surface area contributed by atoms with Crippen LogP contribution in [0.5, 0.6) is 0 Å². The van der Waals surface area contributed by atoms with Crippen LogP contribution in [0.15, 0.2) is 66.2 Å². The Hall–Kier alpha value is -1.87. The molecule has 3 heteroatoms. The van der Waals surface area contributed by atoms with Gasteiger partial charge in [0.2, 0.25) is 0 Å². The third kappa shape index (κ3) is 2.74. The molecule has 2 aromatic rings. The van der Waals surface area contributed by atoms with Gasteiger partial charge in [-0.2, -0.15) is 0 Å². The van der Waals surface area contributed by atoms with Crippen molar-refractivity contribution in [3.63, 3.8) is 0 Å². The number of benzene rings is 2. The first-order chi connectivity index (χ1) is 11.1. The van der Waals surface area contributed by atoms with Gasteiger partial charge in [0, 0.05) is 0 Å². The summed E-state index contributed by atoms with van der Waals surface area (Å²) >= 11 is 0. The molecule has 1 fully saturated rings. The van der Waals surface area contributed by atoms with Gasteiger partial charge in [-0.25, -0.2) is 8.42 Å². The quantitative estimate of drug-likeness (QED) is 0.794. The van der Waals surface area contributed by atoms with E-state index in [1.54, 1.807) is 0 Å². The normalized spacial score (nSPS) is 25.1. The lowest BCUT2D eigenvalue weighted by Crippen LogP contribution is -2.27. The average Bonchev–Trinajstić information content (AvgIpc) is 2.75. The van der Waals surface area contributed by atoms with Gasteiger partial charge in [0.1, 0.15) is 0 Å². The lowest BCUT2D eigenvalue weighted by atomic mass is 9.98. The summed E-state index contributed by atoms with van der Waals surface area (Å²) in [5.41, 5.74) is 4.99. The zero-order chi connectivity index (χ0) is 15.9. The summed E-state index contributed by atoms with van der Waals surface area (Å²) in [5, 5.41) is -0.351. The summed E-state index contributed by atoms with van der Waals surface area (Å²) in [7, 11) is -2.87. The number of fused-ring (bicyclic) bond motifs is 2. The summed E-state index contributed by atoms with van der Waals surface area (Å²) in [5.74, 6) is 0. The van der Waals surface area contributed by atoms with Crippen molar-refractivity contribution < 1.29 is 8.42 Å². The van der Waals surface area contributed by atoms with E-state index >= 15 is 0 Å². The number of allylic oxidation sites excluding steroid dienone is 1. The van der Waals surface area contributed by atoms with Crippen LogP contribution in [0.2, 0.25) is 0 Å². The molecule has 0 aliphatic carbocycles. The van der Waals surface area contributed by atoms with Crippen molar-refractivity contribution >= 4 is 9.84 Å². The van der Waals surface area contributed by atoms with E-state index in [9.17, 15) is 8.42 Å². The molecule has 0 radical (unpaired) electrons. The highest BCUT2D eigenvalue weighted by Gasteiger charge is 2.42. The Morgan fingerprint density at radius 2 is 1.57 bits per heavy atom. The number of hydrogen-bond acceptors (Lipinski definition) is 2. The van der Waals surface area contributed by atoms with Crippen LogP contribution in [0.4, 0.5) is 0 Å². The molecule has 0 amide bonds. The largest absolute Gasteiger partial charge is 0.228 e. The van der Waals surface area contributed by atoms with Crippen molar-refractivity contribution in [2.45, 2.75) is 36.2 Å². The molecular weight excluding hydrogens is 304 g/mol. The zero-order valence-electron chi connectivity index (χ0n) is 13.0. The topological polar surface area (TPSA) is 34.1 Å². The minimum atomic E-state index is -2.87. The predicted octanol–water partition coefficient (Wildman–Crippen LogP) is 4.17. The summed E-state index contributed by atoms with van der Waals surface area (Å²) in [6.45, 7) is 0. The Morgan fingerprint density at radius 3 is 2.26 bits per heavy atom. The zero-order valence-corrected chi connectivity index (χ0v) is 13.8. The lowest BCUT2D eigenvalue weighted by Gasteiger charge is -2.20. The lowest BCUT2D eigenvalue weighted by molar-refractivity contribution is 0.581. The molecule has 2 aliphatic rings. The van der Waals surface area contributed by atoms with Crippen molar-refractivity contribution in [3.8, 4) is 11.1 Å². The van der Waals surface area contributed by atoms with Crippen LogP contribution in [0.25, 0.3) is 11.1 Å². The minimum Gasteiger partial charge on any atom is -0.228 e. The van der Waals surface area contributed by atoms with Gasteiger partial charge in [0.05, 0.1) is 10.5 Å². The molecule has 4 rings (SSSR count). The monoisotopic (exact) mass is 324 g/mol. The molecule has 0 saturated carbocycles. The van der Waals surface area contributed by atoms with Gasteiger partial charge in [0.15, 0.2) is 9.84 Å². The molecule has 0 aromatic heterocycles. The molecule has 2 aliphatic heterocycles. The molecule has 2 bridgehead atoms. The van der Waals surface area contributed by atoms with Crippen LogP contribution < -0.4 is 0 Å². The second-order valence-corrected chi connectivity index (χ2v) is 9.05. The fourth-order valence-electron chi connectivity index (χ4n) is 3.78. The smallest absolute Gasteiger partial charge is 0.159 e. The fraction of sp³-hybridized carbons (Fsp3) is 0.300. The third-order valence-electron chi connectivity index (χ3n) is 5.06. The van der Waals surface area contributed by atoms with Gasteiger partial charge in [-0.15, -0.1) is 0 Å². The minimum absolute atomic E-state index is 0.129. The number of sulfone groups is 1. The van der Waals surface area contributed by atoms with Crippen LogP contribution >= 0.6 is 0 Å². The van der Waals surface area contributed by atoms with Crippen molar-refractivity contribution in [2.75, 3.05) is 0 Å². The van der Waals surface area contributed by atoms with Crippen LogP contribution in [0.1, 0.15) is 24.8 Å². The summed E-state index contributed by atoms with van der Waals surface area (Å²) < 4.78 is 24.3. The first kappa shape index (κ1) is 14.7. The van der Waals surface area contributed by atoms with Crippen molar-refractivity contribution in [1.29, 1.82) is 0 Å². The molecule has 0 N–H and O–H groups in total. The van der Waals surface area contributed by atoms with Crippen LogP contribution in [0.3, 0.4) is 0 Å². The molecule has 23 heavy (non-hydrogen) atoms. The van der Waals surface area contributed by atoms with E-state index in [2.05, 4.69) is 36.4 Å². The molecule has 2 aromatic carbocycles. The molecule has 118 valence electrons. The van der Waals surface area contributed by atoms with Crippen LogP contribution in [-0.4, -0.2) is 18.9 Å². The maximum atomic E-state index is 12.1. The summed E-state index contributed by atoms with van der Waals surface area (Å²) in [6, 6.07) is 19.0. The van der Waals surface area contributed by atoms with E-state index in [4.69, 9.17) is 0 Å². The molecule has 0 spiro atoms. The van der Waals surface area contributed by atoms with E-state index in [0.717, 1.165) is 25.7 Å². The number of hydrogen-bond donors (Lipinski definition) is 0. The van der Waals surface area contributed by atoms with Gasteiger partial charge < -0.3 is 0 Å². The van der Waals surface area contributed by atoms with Gasteiger partial charge in [-0.1, -0.05) is 66.2 Å². The van der Waals surface area contributed by atoms with Crippen molar-refractivity contribution in [1.82, 2.24) is 0 Å². The van der Waals surface area contributed by atoms with E-state index < -0.39 is 9.84 Å². The van der Waals surface area contributed by atoms with Crippen molar-refractivity contribution in [3.05, 3.63) is 71.8 Å².